The van der Waals surface area contributed by atoms with Crippen LogP contribution in [0.15, 0.2) is 42.7 Å². The van der Waals surface area contributed by atoms with E-state index in [-0.39, 0.29) is 5.56 Å². The van der Waals surface area contributed by atoms with Crippen molar-refractivity contribution in [2.75, 3.05) is 18.5 Å². The molecule has 1 aromatic carbocycles. The fourth-order valence-corrected chi connectivity index (χ4v) is 2.20. The third-order valence-electron chi connectivity index (χ3n) is 3.50. The third-order valence-corrected chi connectivity index (χ3v) is 3.50. The van der Waals surface area contributed by atoms with Gasteiger partial charge in [-0.1, -0.05) is 0 Å². The van der Waals surface area contributed by atoms with Gasteiger partial charge < -0.3 is 24.7 Å². The predicted octanol–water partition coefficient (Wildman–Crippen LogP) is 1.28. The van der Waals surface area contributed by atoms with Crippen molar-refractivity contribution in [3.05, 3.63) is 53.5 Å². The summed E-state index contributed by atoms with van der Waals surface area (Å²) in [5.41, 5.74) is 0.690. The Balaban J connectivity index is 1.60. The van der Waals surface area contributed by atoms with Crippen molar-refractivity contribution in [3.63, 3.8) is 0 Å². The van der Waals surface area contributed by atoms with Gasteiger partial charge in [-0.25, -0.2) is 4.79 Å². The van der Waals surface area contributed by atoms with E-state index in [2.05, 4.69) is 5.32 Å². The van der Waals surface area contributed by atoms with Gasteiger partial charge in [0.2, 0.25) is 0 Å². The monoisotopic (exact) mass is 344 g/mol. The van der Waals surface area contributed by atoms with Gasteiger partial charge in [-0.3, -0.25) is 4.79 Å². The Labute approximate surface area is 143 Å². The number of benzene rings is 1. The Morgan fingerprint density at radius 3 is 2.56 bits per heavy atom. The number of esters is 1. The maximum absolute atomic E-state index is 12.2. The smallest absolute Gasteiger partial charge is 0.339 e. The second kappa shape index (κ2) is 7.08. The molecule has 0 saturated heterocycles. The number of nitrogens with zero attached hydrogens (tertiary/aromatic N) is 1. The minimum Gasteiger partial charge on any atom is -0.619 e. The number of carbonyl (C=O) groups is 2. The molecule has 2 aromatic rings. The number of aromatic nitrogens is 1. The van der Waals surface area contributed by atoms with Crippen molar-refractivity contribution in [3.8, 4) is 11.5 Å². The van der Waals surface area contributed by atoms with E-state index in [1.165, 1.54) is 31.5 Å². The Hall–Kier alpha value is -3.29. The van der Waals surface area contributed by atoms with Gasteiger partial charge in [0.15, 0.2) is 30.0 Å². The number of amides is 1. The van der Waals surface area contributed by atoms with E-state index in [4.69, 9.17) is 14.2 Å². The minimum atomic E-state index is -1.01. The lowest BCUT2D eigenvalue weighted by molar-refractivity contribution is -0.605. The van der Waals surface area contributed by atoms with Gasteiger partial charge in [0.1, 0.15) is 13.2 Å². The molecule has 0 radical (unpaired) electrons. The molecule has 8 nitrogen and oxygen atoms in total. The molecule has 1 aromatic heterocycles. The molecule has 0 saturated carbocycles. The summed E-state index contributed by atoms with van der Waals surface area (Å²) in [6.07, 6.45) is 1.34. The molecule has 3 rings (SSSR count). The molecule has 1 atom stereocenters. The van der Waals surface area contributed by atoms with Crippen LogP contribution in [0, 0.1) is 5.21 Å². The molecule has 0 bridgehead atoms. The topological polar surface area (TPSA) is 101 Å². The molecule has 1 aliphatic rings. The number of hydrogen-bond donors (Lipinski definition) is 1. The normalized spacial score (nSPS) is 13.6. The van der Waals surface area contributed by atoms with Crippen LogP contribution < -0.4 is 19.5 Å². The first-order valence-corrected chi connectivity index (χ1v) is 7.63. The lowest BCUT2D eigenvalue weighted by atomic mass is 10.2. The number of fused-ring (bicyclic) bond motifs is 1. The zero-order valence-corrected chi connectivity index (χ0v) is 13.4. The van der Waals surface area contributed by atoms with E-state index in [9.17, 15) is 14.8 Å². The quantitative estimate of drug-likeness (QED) is 0.509. The molecule has 0 aliphatic carbocycles. The van der Waals surface area contributed by atoms with E-state index < -0.39 is 18.0 Å². The number of nitrogens with one attached hydrogen (secondary N) is 1. The van der Waals surface area contributed by atoms with Gasteiger partial charge in [-0.15, -0.1) is 0 Å². The Kier molecular flexibility index (Phi) is 4.69. The lowest BCUT2D eigenvalue weighted by Gasteiger charge is -2.19. The summed E-state index contributed by atoms with van der Waals surface area (Å²) in [6, 6.07) is 7.65. The van der Waals surface area contributed by atoms with Crippen molar-refractivity contribution in [1.82, 2.24) is 0 Å². The summed E-state index contributed by atoms with van der Waals surface area (Å²) >= 11 is 0. The maximum Gasteiger partial charge on any atom is 0.339 e. The van der Waals surface area contributed by atoms with Crippen LogP contribution in [0.25, 0.3) is 0 Å². The highest BCUT2D eigenvalue weighted by Gasteiger charge is 2.20. The molecule has 1 amide bonds. The van der Waals surface area contributed by atoms with Gasteiger partial charge in [0.25, 0.3) is 5.91 Å². The molecule has 1 aliphatic heterocycles. The average Bonchev–Trinajstić information content (AvgIpc) is 2.62. The Bertz CT molecular complexity index is 790. The van der Waals surface area contributed by atoms with E-state index in [0.29, 0.717) is 35.1 Å². The van der Waals surface area contributed by atoms with Crippen molar-refractivity contribution >= 4 is 17.6 Å². The van der Waals surface area contributed by atoms with Crippen LogP contribution in [0.4, 0.5) is 5.69 Å². The maximum atomic E-state index is 12.2. The summed E-state index contributed by atoms with van der Waals surface area (Å²) in [7, 11) is 0. The number of hydrogen-bond acceptors (Lipinski definition) is 6. The van der Waals surface area contributed by atoms with E-state index in [1.807, 2.05) is 0 Å². The zero-order valence-electron chi connectivity index (χ0n) is 13.4. The molecular formula is C17H16N2O6. The summed E-state index contributed by atoms with van der Waals surface area (Å²) < 4.78 is 16.5. The highest BCUT2D eigenvalue weighted by atomic mass is 16.6. The van der Waals surface area contributed by atoms with Gasteiger partial charge in [0, 0.05) is 23.9 Å². The number of carbonyl (C=O) groups excluding carboxylic acids is 2. The summed E-state index contributed by atoms with van der Waals surface area (Å²) in [4.78, 5) is 24.2. The summed E-state index contributed by atoms with van der Waals surface area (Å²) in [6.45, 7) is 2.39. The van der Waals surface area contributed by atoms with Crippen LogP contribution >= 0.6 is 0 Å². The molecule has 25 heavy (non-hydrogen) atoms. The first-order valence-electron chi connectivity index (χ1n) is 7.63. The van der Waals surface area contributed by atoms with Crippen LogP contribution in [0.2, 0.25) is 0 Å². The van der Waals surface area contributed by atoms with Gasteiger partial charge in [0.05, 0.1) is 5.56 Å². The summed E-state index contributed by atoms with van der Waals surface area (Å²) in [5.74, 6) is -0.0161. The SMILES string of the molecule is C[C@H](OC(=O)c1cc[n+]([O-])cc1)C(=O)Nc1ccc2c(c1)OCCO2. The second-order valence-corrected chi connectivity index (χ2v) is 5.34. The number of pyridine rings is 1. The molecular weight excluding hydrogens is 328 g/mol. The first kappa shape index (κ1) is 16.6. The second-order valence-electron chi connectivity index (χ2n) is 5.34. The standard InChI is InChI=1S/C17H16N2O6/c1-11(25-17(21)12-4-6-19(22)7-5-12)16(20)18-13-2-3-14-15(10-13)24-9-8-23-14/h2-7,10-11H,8-9H2,1H3,(H,18,20)/t11-/m0/s1. The van der Waals surface area contributed by atoms with Gasteiger partial charge in [-0.05, 0) is 19.1 Å². The van der Waals surface area contributed by atoms with Gasteiger partial charge in [-0.2, -0.15) is 4.73 Å². The molecule has 2 heterocycles. The molecule has 0 spiro atoms. The zero-order chi connectivity index (χ0) is 17.8. The highest BCUT2D eigenvalue weighted by Crippen LogP contribution is 2.32. The predicted molar refractivity (Wildman–Crippen MR) is 86.3 cm³/mol. The highest BCUT2D eigenvalue weighted by molar-refractivity contribution is 5.97. The van der Waals surface area contributed by atoms with Gasteiger partial charge >= 0.3 is 5.97 Å². The van der Waals surface area contributed by atoms with Crippen LogP contribution in [0.3, 0.4) is 0 Å². The fourth-order valence-electron chi connectivity index (χ4n) is 2.20. The van der Waals surface area contributed by atoms with Crippen molar-refractivity contribution < 1.29 is 28.5 Å². The summed E-state index contributed by atoms with van der Waals surface area (Å²) in [5, 5.41) is 13.6. The molecule has 0 unspecified atom stereocenters. The van der Waals surface area contributed by atoms with Crippen molar-refractivity contribution in [2.45, 2.75) is 13.0 Å². The average molecular weight is 344 g/mol. The largest absolute Gasteiger partial charge is 0.619 e. The van der Waals surface area contributed by atoms with Crippen molar-refractivity contribution in [1.29, 1.82) is 0 Å². The molecule has 8 heteroatoms. The van der Waals surface area contributed by atoms with E-state index >= 15 is 0 Å². The van der Waals surface area contributed by atoms with Crippen molar-refractivity contribution in [2.24, 2.45) is 0 Å². The number of anilines is 1. The molecule has 0 fully saturated rings. The van der Waals surface area contributed by atoms with Crippen LogP contribution in [-0.2, 0) is 9.53 Å². The lowest BCUT2D eigenvalue weighted by Crippen LogP contribution is -2.30. The molecule has 1 N–H and O–H groups in total. The number of ether oxygens (including phenoxy) is 3. The third kappa shape index (κ3) is 3.97. The Morgan fingerprint density at radius 1 is 1.16 bits per heavy atom. The Morgan fingerprint density at radius 2 is 1.84 bits per heavy atom. The van der Waals surface area contributed by atoms with Crippen LogP contribution in [0.1, 0.15) is 17.3 Å². The fraction of sp³-hybridized carbons (Fsp3) is 0.235. The van der Waals surface area contributed by atoms with E-state index in [1.54, 1.807) is 18.2 Å². The minimum absolute atomic E-state index is 0.186. The number of rotatable bonds is 4. The van der Waals surface area contributed by atoms with Crippen LogP contribution in [-0.4, -0.2) is 31.2 Å². The first-order chi connectivity index (χ1) is 12.0. The van der Waals surface area contributed by atoms with Crippen LogP contribution in [0.5, 0.6) is 11.5 Å². The molecule has 130 valence electrons. The van der Waals surface area contributed by atoms with E-state index in [0.717, 1.165) is 0 Å².